The molecule has 0 radical (unpaired) electrons. The van der Waals surface area contributed by atoms with E-state index in [1.165, 1.54) is 0 Å². The van der Waals surface area contributed by atoms with Gasteiger partial charge in [0.15, 0.2) is 11.5 Å². The van der Waals surface area contributed by atoms with E-state index in [2.05, 4.69) is 10.3 Å². The van der Waals surface area contributed by atoms with Crippen LogP contribution >= 0.6 is 23.2 Å². The number of para-hydroxylation sites is 2. The minimum atomic E-state index is -0.00994. The molecule has 0 aliphatic carbocycles. The Morgan fingerprint density at radius 1 is 1.19 bits per heavy atom. The van der Waals surface area contributed by atoms with Crippen molar-refractivity contribution in [2.75, 3.05) is 7.05 Å². The van der Waals surface area contributed by atoms with Crippen molar-refractivity contribution in [1.29, 1.82) is 0 Å². The Morgan fingerprint density at radius 2 is 2.00 bits per heavy atom. The number of oxazole rings is 1. The summed E-state index contributed by atoms with van der Waals surface area (Å²) in [5.41, 5.74) is 2.59. The summed E-state index contributed by atoms with van der Waals surface area (Å²) in [6.07, 6.45) is 0.602. The van der Waals surface area contributed by atoms with Gasteiger partial charge in [0.1, 0.15) is 5.52 Å². The molecule has 0 aliphatic rings. The Bertz CT molecular complexity index is 737. The van der Waals surface area contributed by atoms with E-state index in [0.29, 0.717) is 22.4 Å². The topological polar surface area (TPSA) is 38.1 Å². The summed E-state index contributed by atoms with van der Waals surface area (Å²) in [4.78, 5) is 4.50. The molecule has 0 aliphatic heterocycles. The molecule has 0 spiro atoms. The maximum atomic E-state index is 6.26. The van der Waals surface area contributed by atoms with Gasteiger partial charge in [0, 0.05) is 22.5 Å². The number of fused-ring (bicyclic) bond motifs is 1. The van der Waals surface area contributed by atoms with Gasteiger partial charge in [-0.2, -0.15) is 0 Å². The molecule has 3 rings (SSSR count). The number of aromatic nitrogens is 1. The van der Waals surface area contributed by atoms with E-state index in [1.54, 1.807) is 12.1 Å². The van der Waals surface area contributed by atoms with Crippen LogP contribution < -0.4 is 5.32 Å². The van der Waals surface area contributed by atoms with Crippen LogP contribution in [0.4, 0.5) is 0 Å². The van der Waals surface area contributed by atoms with Crippen LogP contribution in [0.5, 0.6) is 0 Å². The molecule has 0 bridgehead atoms. The number of hydrogen-bond acceptors (Lipinski definition) is 3. The van der Waals surface area contributed by atoms with E-state index in [1.807, 2.05) is 37.4 Å². The predicted octanol–water partition coefficient (Wildman–Crippen LogP) is 4.64. The second-order valence-electron chi connectivity index (χ2n) is 4.79. The molecule has 2 aromatic carbocycles. The van der Waals surface area contributed by atoms with Crippen molar-refractivity contribution in [2.45, 2.75) is 12.5 Å². The second kappa shape index (κ2) is 6.06. The highest BCUT2D eigenvalue weighted by molar-refractivity contribution is 6.33. The molecular weight excluding hydrogens is 307 g/mol. The molecule has 5 heteroatoms. The van der Waals surface area contributed by atoms with E-state index in [0.717, 1.165) is 16.7 Å². The molecule has 0 amide bonds. The number of halogens is 2. The van der Waals surface area contributed by atoms with Crippen molar-refractivity contribution in [3.63, 3.8) is 0 Å². The maximum absolute atomic E-state index is 6.26. The lowest BCUT2D eigenvalue weighted by Gasteiger charge is -2.16. The zero-order valence-electron chi connectivity index (χ0n) is 11.4. The van der Waals surface area contributed by atoms with E-state index in [9.17, 15) is 0 Å². The minimum absolute atomic E-state index is 0.00994. The SMILES string of the molecule is CNC(Cc1nc2ccccc2o1)c1cc(Cl)ccc1Cl. The van der Waals surface area contributed by atoms with Crippen molar-refractivity contribution < 1.29 is 4.42 Å². The van der Waals surface area contributed by atoms with Crippen LogP contribution in [0.1, 0.15) is 17.5 Å². The number of nitrogens with zero attached hydrogens (tertiary/aromatic N) is 1. The van der Waals surface area contributed by atoms with Crippen LogP contribution in [0.2, 0.25) is 10.0 Å². The van der Waals surface area contributed by atoms with Crippen molar-refractivity contribution in [2.24, 2.45) is 0 Å². The summed E-state index contributed by atoms with van der Waals surface area (Å²) in [7, 11) is 1.88. The quantitative estimate of drug-likeness (QED) is 0.761. The fourth-order valence-electron chi connectivity index (χ4n) is 2.33. The van der Waals surface area contributed by atoms with E-state index in [4.69, 9.17) is 27.6 Å². The van der Waals surface area contributed by atoms with Gasteiger partial charge in [-0.15, -0.1) is 0 Å². The molecule has 3 aromatic rings. The highest BCUT2D eigenvalue weighted by atomic mass is 35.5. The number of benzene rings is 2. The fraction of sp³-hybridized carbons (Fsp3) is 0.188. The third kappa shape index (κ3) is 3.05. The summed E-state index contributed by atoms with van der Waals surface area (Å²) >= 11 is 12.3. The number of rotatable bonds is 4. The summed E-state index contributed by atoms with van der Waals surface area (Å²) in [5.74, 6) is 0.673. The highest BCUT2D eigenvalue weighted by Crippen LogP contribution is 2.29. The van der Waals surface area contributed by atoms with Crippen molar-refractivity contribution >= 4 is 34.3 Å². The lowest BCUT2D eigenvalue weighted by Crippen LogP contribution is -2.19. The molecule has 21 heavy (non-hydrogen) atoms. The van der Waals surface area contributed by atoms with Gasteiger partial charge in [0.25, 0.3) is 0 Å². The van der Waals surface area contributed by atoms with Crippen molar-refractivity contribution in [3.05, 3.63) is 64.0 Å². The van der Waals surface area contributed by atoms with Crippen LogP contribution in [0.3, 0.4) is 0 Å². The van der Waals surface area contributed by atoms with Crippen LogP contribution in [0.25, 0.3) is 11.1 Å². The fourth-order valence-corrected chi connectivity index (χ4v) is 2.76. The minimum Gasteiger partial charge on any atom is -0.441 e. The van der Waals surface area contributed by atoms with Gasteiger partial charge in [0.05, 0.1) is 0 Å². The molecule has 0 saturated heterocycles. The Morgan fingerprint density at radius 3 is 2.76 bits per heavy atom. The Labute approximate surface area is 132 Å². The second-order valence-corrected chi connectivity index (χ2v) is 5.63. The number of hydrogen-bond donors (Lipinski definition) is 1. The van der Waals surface area contributed by atoms with E-state index < -0.39 is 0 Å². The van der Waals surface area contributed by atoms with Gasteiger partial charge in [-0.3, -0.25) is 0 Å². The summed E-state index contributed by atoms with van der Waals surface area (Å²) in [5, 5.41) is 4.57. The zero-order chi connectivity index (χ0) is 14.8. The first-order valence-corrected chi connectivity index (χ1v) is 7.39. The molecule has 0 saturated carbocycles. The first-order valence-electron chi connectivity index (χ1n) is 6.64. The van der Waals surface area contributed by atoms with Gasteiger partial charge < -0.3 is 9.73 Å². The average molecular weight is 321 g/mol. The third-order valence-electron chi connectivity index (χ3n) is 3.40. The van der Waals surface area contributed by atoms with Crippen molar-refractivity contribution in [3.8, 4) is 0 Å². The standard InChI is InChI=1S/C16H14Cl2N2O/c1-19-14(11-8-10(17)6-7-12(11)18)9-16-20-13-4-2-3-5-15(13)21-16/h2-8,14,19H,9H2,1H3. The van der Waals surface area contributed by atoms with Crippen molar-refractivity contribution in [1.82, 2.24) is 10.3 Å². The monoisotopic (exact) mass is 320 g/mol. The van der Waals surface area contributed by atoms with Crippen LogP contribution in [0.15, 0.2) is 46.9 Å². The van der Waals surface area contributed by atoms with Gasteiger partial charge >= 0.3 is 0 Å². The first-order chi connectivity index (χ1) is 10.2. The predicted molar refractivity (Wildman–Crippen MR) is 86.0 cm³/mol. The summed E-state index contributed by atoms with van der Waals surface area (Å²) in [6.45, 7) is 0. The van der Waals surface area contributed by atoms with Gasteiger partial charge in [-0.25, -0.2) is 4.98 Å². The third-order valence-corrected chi connectivity index (χ3v) is 3.98. The summed E-state index contributed by atoms with van der Waals surface area (Å²) < 4.78 is 5.76. The average Bonchev–Trinajstić information content (AvgIpc) is 2.90. The highest BCUT2D eigenvalue weighted by Gasteiger charge is 2.17. The van der Waals surface area contributed by atoms with Crippen LogP contribution in [-0.2, 0) is 6.42 Å². The lowest BCUT2D eigenvalue weighted by atomic mass is 10.0. The molecule has 108 valence electrons. The molecule has 1 aromatic heterocycles. The molecule has 1 N–H and O–H groups in total. The van der Waals surface area contributed by atoms with Crippen LogP contribution in [-0.4, -0.2) is 12.0 Å². The molecular formula is C16H14Cl2N2O. The van der Waals surface area contributed by atoms with Crippen LogP contribution in [0, 0.1) is 0 Å². The molecule has 1 unspecified atom stereocenters. The zero-order valence-corrected chi connectivity index (χ0v) is 12.9. The Hall–Kier alpha value is -1.55. The lowest BCUT2D eigenvalue weighted by molar-refractivity contribution is 0.474. The van der Waals surface area contributed by atoms with E-state index in [-0.39, 0.29) is 6.04 Å². The molecule has 1 heterocycles. The smallest absolute Gasteiger partial charge is 0.197 e. The van der Waals surface area contributed by atoms with Gasteiger partial charge in [0.2, 0.25) is 0 Å². The maximum Gasteiger partial charge on any atom is 0.197 e. The number of nitrogens with one attached hydrogen (secondary N) is 1. The Balaban J connectivity index is 1.91. The Kier molecular flexibility index (Phi) is 4.15. The molecule has 1 atom stereocenters. The normalized spacial score (nSPS) is 12.7. The summed E-state index contributed by atoms with van der Waals surface area (Å²) in [6, 6.07) is 13.2. The van der Waals surface area contributed by atoms with Gasteiger partial charge in [-0.05, 0) is 42.9 Å². The van der Waals surface area contributed by atoms with E-state index >= 15 is 0 Å². The molecule has 3 nitrogen and oxygen atoms in total. The number of likely N-dealkylation sites (N-methyl/N-ethyl adjacent to an activating group) is 1. The van der Waals surface area contributed by atoms with Gasteiger partial charge in [-0.1, -0.05) is 35.3 Å². The first kappa shape index (κ1) is 14.4. The molecule has 0 fully saturated rings. The largest absolute Gasteiger partial charge is 0.441 e.